The van der Waals surface area contributed by atoms with Crippen molar-refractivity contribution < 1.29 is 4.79 Å². The molecule has 0 unspecified atom stereocenters. The lowest BCUT2D eigenvalue weighted by Gasteiger charge is -2.19. The minimum atomic E-state index is -0.0700. The molecule has 0 radical (unpaired) electrons. The Labute approximate surface area is 193 Å². The first-order chi connectivity index (χ1) is 14.9. The van der Waals surface area contributed by atoms with Crippen molar-refractivity contribution in [1.82, 2.24) is 20.0 Å². The molecule has 2 heterocycles. The molecule has 0 aliphatic heterocycles. The van der Waals surface area contributed by atoms with Gasteiger partial charge in [-0.1, -0.05) is 65.9 Å². The van der Waals surface area contributed by atoms with Gasteiger partial charge in [-0.3, -0.25) is 14.4 Å². The molecule has 0 saturated heterocycles. The van der Waals surface area contributed by atoms with Crippen LogP contribution in [0, 0.1) is 13.8 Å². The molecule has 2 aromatic carbocycles. The summed E-state index contributed by atoms with van der Waals surface area (Å²) in [6, 6.07) is 18.3. The van der Waals surface area contributed by atoms with Gasteiger partial charge in [0, 0.05) is 6.92 Å². The number of aryl methyl sites for hydroxylation is 1. The number of anilines is 1. The molecule has 0 aliphatic rings. The van der Waals surface area contributed by atoms with Crippen LogP contribution in [0.4, 0.5) is 5.13 Å². The van der Waals surface area contributed by atoms with Crippen molar-refractivity contribution in [2.45, 2.75) is 33.9 Å². The SMILES string of the molecule is CC(=O)N(Cc1ccccc1-c1ccccc1)c1nnc(Cn2nc(C)c(Br)c2C)s1. The number of halogens is 1. The van der Waals surface area contributed by atoms with Crippen LogP contribution in [-0.4, -0.2) is 25.9 Å². The fraction of sp³-hybridized carbons (Fsp3) is 0.217. The standard InChI is InChI=1S/C23H22BrN5OS/c1-15-22(24)16(2)29(27-15)14-21-25-26-23(31-21)28(17(3)30)13-19-11-7-8-12-20(19)18-9-5-4-6-10-18/h4-12H,13-14H2,1-3H3. The number of nitrogens with zero attached hydrogens (tertiary/aromatic N) is 5. The molecule has 0 N–H and O–H groups in total. The third-order valence-corrected chi connectivity index (χ3v) is 7.15. The summed E-state index contributed by atoms with van der Waals surface area (Å²) in [5, 5.41) is 14.6. The normalized spacial score (nSPS) is 11.0. The van der Waals surface area contributed by atoms with Gasteiger partial charge >= 0.3 is 0 Å². The fourth-order valence-electron chi connectivity index (χ4n) is 3.42. The van der Waals surface area contributed by atoms with Crippen LogP contribution >= 0.6 is 27.3 Å². The number of hydrogen-bond acceptors (Lipinski definition) is 5. The first-order valence-electron chi connectivity index (χ1n) is 9.87. The Balaban J connectivity index is 1.60. The predicted molar refractivity (Wildman–Crippen MR) is 127 cm³/mol. The molecule has 0 aliphatic carbocycles. The van der Waals surface area contributed by atoms with Gasteiger partial charge < -0.3 is 0 Å². The molecular weight excluding hydrogens is 474 g/mol. The van der Waals surface area contributed by atoms with E-state index in [1.54, 1.807) is 11.8 Å². The van der Waals surface area contributed by atoms with Crippen LogP contribution in [-0.2, 0) is 17.9 Å². The lowest BCUT2D eigenvalue weighted by Crippen LogP contribution is -2.28. The molecule has 31 heavy (non-hydrogen) atoms. The van der Waals surface area contributed by atoms with Gasteiger partial charge in [0.2, 0.25) is 11.0 Å². The molecule has 0 atom stereocenters. The van der Waals surface area contributed by atoms with Gasteiger partial charge in [-0.25, -0.2) is 0 Å². The van der Waals surface area contributed by atoms with E-state index in [0.717, 1.165) is 37.6 Å². The Bertz CT molecular complexity index is 1220. The first-order valence-corrected chi connectivity index (χ1v) is 11.5. The van der Waals surface area contributed by atoms with E-state index in [2.05, 4.69) is 49.4 Å². The van der Waals surface area contributed by atoms with Crippen molar-refractivity contribution in [2.75, 3.05) is 4.90 Å². The van der Waals surface area contributed by atoms with Crippen LogP contribution in [0.25, 0.3) is 11.1 Å². The lowest BCUT2D eigenvalue weighted by molar-refractivity contribution is -0.116. The molecule has 6 nitrogen and oxygen atoms in total. The van der Waals surface area contributed by atoms with Gasteiger partial charge in [0.05, 0.1) is 29.0 Å². The second kappa shape index (κ2) is 9.11. The molecule has 0 saturated carbocycles. The van der Waals surface area contributed by atoms with Crippen molar-refractivity contribution >= 4 is 38.3 Å². The van der Waals surface area contributed by atoms with Gasteiger partial charge in [0.15, 0.2) is 0 Å². The molecule has 1 amide bonds. The molecule has 2 aromatic heterocycles. The van der Waals surface area contributed by atoms with Gasteiger partial charge in [-0.2, -0.15) is 5.10 Å². The van der Waals surface area contributed by atoms with Crippen LogP contribution in [0.2, 0.25) is 0 Å². The number of carbonyl (C=O) groups excluding carboxylic acids is 1. The Morgan fingerprint density at radius 1 is 1.06 bits per heavy atom. The summed E-state index contributed by atoms with van der Waals surface area (Å²) in [5.41, 5.74) is 5.25. The monoisotopic (exact) mass is 495 g/mol. The molecule has 158 valence electrons. The van der Waals surface area contributed by atoms with E-state index in [1.807, 2.05) is 54.9 Å². The van der Waals surface area contributed by atoms with Gasteiger partial charge in [0.25, 0.3) is 0 Å². The second-order valence-corrected chi connectivity index (χ2v) is 9.08. The Morgan fingerprint density at radius 3 is 2.45 bits per heavy atom. The average molecular weight is 496 g/mol. The quantitative estimate of drug-likeness (QED) is 0.360. The highest BCUT2D eigenvalue weighted by molar-refractivity contribution is 9.10. The Kier molecular flexibility index (Phi) is 6.29. The lowest BCUT2D eigenvalue weighted by atomic mass is 9.99. The summed E-state index contributed by atoms with van der Waals surface area (Å²) in [6.07, 6.45) is 0. The molecule has 0 fully saturated rings. The average Bonchev–Trinajstić information content (AvgIpc) is 3.33. The van der Waals surface area contributed by atoms with Crippen molar-refractivity contribution in [3.63, 3.8) is 0 Å². The highest BCUT2D eigenvalue weighted by Gasteiger charge is 2.20. The largest absolute Gasteiger partial charge is 0.282 e. The molecule has 4 rings (SSSR count). The summed E-state index contributed by atoms with van der Waals surface area (Å²) < 4.78 is 2.90. The number of rotatable bonds is 6. The molecule has 8 heteroatoms. The van der Waals surface area contributed by atoms with Crippen molar-refractivity contribution in [1.29, 1.82) is 0 Å². The summed E-state index contributed by atoms with van der Waals surface area (Å²) in [6.45, 7) is 6.47. The topological polar surface area (TPSA) is 63.9 Å². The van der Waals surface area contributed by atoms with E-state index in [-0.39, 0.29) is 5.91 Å². The maximum absolute atomic E-state index is 12.5. The maximum atomic E-state index is 12.5. The fourth-order valence-corrected chi connectivity index (χ4v) is 4.56. The van der Waals surface area contributed by atoms with Gasteiger partial charge in [-0.15, -0.1) is 10.2 Å². The minimum Gasteiger partial charge on any atom is -0.282 e. The number of carbonyl (C=O) groups is 1. The van der Waals surface area contributed by atoms with Gasteiger partial charge in [0.1, 0.15) is 5.01 Å². The van der Waals surface area contributed by atoms with Crippen LogP contribution in [0.3, 0.4) is 0 Å². The zero-order valence-corrected chi connectivity index (χ0v) is 19.9. The predicted octanol–water partition coefficient (Wildman–Crippen LogP) is 5.38. The maximum Gasteiger partial charge on any atom is 0.226 e. The summed E-state index contributed by atoms with van der Waals surface area (Å²) >= 11 is 4.97. The molecule has 0 spiro atoms. The zero-order chi connectivity index (χ0) is 22.0. The smallest absolute Gasteiger partial charge is 0.226 e. The third kappa shape index (κ3) is 4.60. The summed E-state index contributed by atoms with van der Waals surface area (Å²) in [4.78, 5) is 14.2. The number of amides is 1. The van der Waals surface area contributed by atoms with Crippen molar-refractivity contribution in [3.8, 4) is 11.1 Å². The molecular formula is C23H22BrN5OS. The highest BCUT2D eigenvalue weighted by Crippen LogP contribution is 2.29. The zero-order valence-electron chi connectivity index (χ0n) is 17.5. The third-order valence-electron chi connectivity index (χ3n) is 5.08. The van der Waals surface area contributed by atoms with E-state index >= 15 is 0 Å². The first kappa shape index (κ1) is 21.4. The molecule has 4 aromatic rings. The number of aromatic nitrogens is 4. The van der Waals surface area contributed by atoms with Crippen LogP contribution in [0.5, 0.6) is 0 Å². The number of hydrogen-bond donors (Lipinski definition) is 0. The van der Waals surface area contributed by atoms with Crippen LogP contribution in [0.15, 0.2) is 59.1 Å². The number of benzene rings is 2. The highest BCUT2D eigenvalue weighted by atomic mass is 79.9. The Hall–Kier alpha value is -2.84. The van der Waals surface area contributed by atoms with Crippen LogP contribution in [0.1, 0.15) is 28.9 Å². The second-order valence-electron chi connectivity index (χ2n) is 7.25. The van der Waals surface area contributed by atoms with Crippen molar-refractivity contribution in [2.24, 2.45) is 0 Å². The molecule has 0 bridgehead atoms. The van der Waals surface area contributed by atoms with E-state index in [9.17, 15) is 4.79 Å². The van der Waals surface area contributed by atoms with E-state index in [0.29, 0.717) is 18.2 Å². The minimum absolute atomic E-state index is 0.0700. The van der Waals surface area contributed by atoms with Gasteiger partial charge in [-0.05, 0) is 46.5 Å². The summed E-state index contributed by atoms with van der Waals surface area (Å²) in [7, 11) is 0. The Morgan fingerprint density at radius 2 is 1.77 bits per heavy atom. The van der Waals surface area contributed by atoms with E-state index in [4.69, 9.17) is 0 Å². The van der Waals surface area contributed by atoms with E-state index < -0.39 is 0 Å². The van der Waals surface area contributed by atoms with E-state index in [1.165, 1.54) is 11.3 Å². The van der Waals surface area contributed by atoms with Crippen molar-refractivity contribution in [3.05, 3.63) is 81.0 Å². The summed E-state index contributed by atoms with van der Waals surface area (Å²) in [5.74, 6) is -0.0700. The van der Waals surface area contributed by atoms with Crippen LogP contribution < -0.4 is 4.90 Å².